The summed E-state index contributed by atoms with van der Waals surface area (Å²) in [6, 6.07) is 2.26. The molecule has 0 bridgehead atoms. The molecule has 0 fully saturated rings. The number of nitrogens with zero attached hydrogens (tertiary/aromatic N) is 2. The van der Waals surface area contributed by atoms with Gasteiger partial charge in [-0.15, -0.1) is 0 Å². The van der Waals surface area contributed by atoms with E-state index < -0.39 is 4.92 Å². The molecule has 1 aromatic carbocycles. The van der Waals surface area contributed by atoms with Crippen LogP contribution in [-0.2, 0) is 0 Å². The summed E-state index contributed by atoms with van der Waals surface area (Å²) >= 11 is 0. The van der Waals surface area contributed by atoms with E-state index in [0.29, 0.717) is 0 Å². The number of non-ortho nitro benzene ring substituents is 1. The number of methoxy groups -OCH3 is 1. The summed E-state index contributed by atoms with van der Waals surface area (Å²) < 4.78 is 4.77. The van der Waals surface area contributed by atoms with Crippen molar-refractivity contribution in [1.29, 1.82) is 0 Å². The Morgan fingerprint density at radius 3 is 2.80 bits per heavy atom. The molecule has 0 spiro atoms. The Morgan fingerprint density at radius 1 is 1.67 bits per heavy atom. The molecule has 7 nitrogen and oxygen atoms in total. The van der Waals surface area contributed by atoms with E-state index in [9.17, 15) is 15.2 Å². The van der Waals surface area contributed by atoms with Gasteiger partial charge in [-0.25, -0.2) is 0 Å². The number of rotatable bonds is 3. The smallest absolute Gasteiger partial charge is 0.274 e. The number of phenols is 1. The normalized spacial score (nSPS) is 10.5. The van der Waals surface area contributed by atoms with E-state index in [0.717, 1.165) is 18.3 Å². The van der Waals surface area contributed by atoms with Crippen molar-refractivity contribution in [3.63, 3.8) is 0 Å². The van der Waals surface area contributed by atoms with Gasteiger partial charge in [-0.05, 0) is 0 Å². The second-order valence-electron chi connectivity index (χ2n) is 2.62. The number of ether oxygens (including phenoxy) is 1. The van der Waals surface area contributed by atoms with Gasteiger partial charge in [0.05, 0.1) is 24.3 Å². The topological polar surface area (TPSA) is 111 Å². The van der Waals surface area contributed by atoms with Gasteiger partial charge in [0.1, 0.15) is 0 Å². The molecule has 0 amide bonds. The van der Waals surface area contributed by atoms with Crippen molar-refractivity contribution >= 4 is 11.9 Å². The Kier molecular flexibility index (Phi) is 3.06. The van der Waals surface area contributed by atoms with Crippen LogP contribution in [0, 0.1) is 10.1 Å². The number of nitro benzene ring substituents is 1. The average molecular weight is 211 g/mol. The van der Waals surface area contributed by atoms with Crippen molar-refractivity contribution in [2.45, 2.75) is 0 Å². The van der Waals surface area contributed by atoms with E-state index in [2.05, 4.69) is 5.10 Å². The maximum atomic E-state index is 10.5. The zero-order chi connectivity index (χ0) is 11.4. The molecule has 80 valence electrons. The third-order valence-corrected chi connectivity index (χ3v) is 1.73. The fourth-order valence-electron chi connectivity index (χ4n) is 1.05. The molecule has 0 heterocycles. The first-order valence-electron chi connectivity index (χ1n) is 3.88. The average Bonchev–Trinajstić information content (AvgIpc) is 2.21. The van der Waals surface area contributed by atoms with E-state index in [-0.39, 0.29) is 22.7 Å². The van der Waals surface area contributed by atoms with E-state index in [1.807, 2.05) is 0 Å². The molecule has 0 unspecified atom stereocenters. The van der Waals surface area contributed by atoms with Crippen molar-refractivity contribution in [2.75, 3.05) is 7.11 Å². The number of aromatic hydroxyl groups is 1. The monoisotopic (exact) mass is 211 g/mol. The molecule has 0 aliphatic carbocycles. The zero-order valence-electron chi connectivity index (χ0n) is 7.88. The summed E-state index contributed by atoms with van der Waals surface area (Å²) in [4.78, 5) is 9.93. The van der Waals surface area contributed by atoms with E-state index in [4.69, 9.17) is 10.6 Å². The fraction of sp³-hybridized carbons (Fsp3) is 0.125. The number of benzene rings is 1. The highest BCUT2D eigenvalue weighted by Gasteiger charge is 2.15. The largest absolute Gasteiger partial charge is 0.504 e. The fourth-order valence-corrected chi connectivity index (χ4v) is 1.05. The number of nitro groups is 1. The Labute approximate surface area is 84.9 Å². The van der Waals surface area contributed by atoms with E-state index in [1.54, 1.807) is 0 Å². The molecule has 0 aromatic heterocycles. The standard InChI is InChI=1S/C8H9N3O4/c1-15-7-3-6(11(13)14)2-5(4-10-9)8(7)12/h2-4,12H,9H2,1H3. The molecular formula is C8H9N3O4. The lowest BCUT2D eigenvalue weighted by atomic mass is 10.2. The summed E-state index contributed by atoms with van der Waals surface area (Å²) in [6.07, 6.45) is 1.10. The highest BCUT2D eigenvalue weighted by Crippen LogP contribution is 2.33. The van der Waals surface area contributed by atoms with Gasteiger partial charge >= 0.3 is 0 Å². The first-order valence-corrected chi connectivity index (χ1v) is 3.88. The summed E-state index contributed by atoms with van der Waals surface area (Å²) in [6.45, 7) is 0. The van der Waals surface area contributed by atoms with E-state index in [1.165, 1.54) is 7.11 Å². The molecule has 0 aliphatic rings. The molecule has 1 rings (SSSR count). The number of nitrogens with two attached hydrogens (primary N) is 1. The number of hydrogen-bond acceptors (Lipinski definition) is 6. The lowest BCUT2D eigenvalue weighted by Crippen LogP contribution is -1.95. The van der Waals surface area contributed by atoms with Crippen LogP contribution < -0.4 is 10.6 Å². The summed E-state index contributed by atoms with van der Waals surface area (Å²) in [5, 5.41) is 23.2. The zero-order valence-corrected chi connectivity index (χ0v) is 7.88. The SMILES string of the molecule is COc1cc([N+](=O)[O-])cc(C=NN)c1O. The molecule has 3 N–H and O–H groups in total. The Morgan fingerprint density at radius 2 is 2.33 bits per heavy atom. The van der Waals surface area contributed by atoms with Crippen LogP contribution in [0.25, 0.3) is 0 Å². The summed E-state index contributed by atoms with van der Waals surface area (Å²) in [5.41, 5.74) is -0.0805. The minimum atomic E-state index is -0.601. The maximum Gasteiger partial charge on any atom is 0.274 e. The van der Waals surface area contributed by atoms with Gasteiger partial charge in [-0.2, -0.15) is 5.10 Å². The van der Waals surface area contributed by atoms with Gasteiger partial charge in [-0.3, -0.25) is 10.1 Å². The molecule has 0 saturated carbocycles. The van der Waals surface area contributed by atoms with Crippen LogP contribution in [0.2, 0.25) is 0 Å². The molecule has 0 aliphatic heterocycles. The molecular weight excluding hydrogens is 202 g/mol. The van der Waals surface area contributed by atoms with Crippen molar-refractivity contribution < 1.29 is 14.8 Å². The maximum absolute atomic E-state index is 10.5. The van der Waals surface area contributed by atoms with Crippen LogP contribution in [0.1, 0.15) is 5.56 Å². The minimum Gasteiger partial charge on any atom is -0.504 e. The summed E-state index contributed by atoms with van der Waals surface area (Å²) in [7, 11) is 1.29. The van der Waals surface area contributed by atoms with Crippen LogP contribution in [0.4, 0.5) is 5.69 Å². The van der Waals surface area contributed by atoms with Crippen molar-refractivity contribution in [3.8, 4) is 11.5 Å². The van der Waals surface area contributed by atoms with E-state index >= 15 is 0 Å². The third kappa shape index (κ3) is 2.13. The second-order valence-corrected chi connectivity index (χ2v) is 2.62. The highest BCUT2D eigenvalue weighted by atomic mass is 16.6. The van der Waals surface area contributed by atoms with Crippen molar-refractivity contribution in [1.82, 2.24) is 0 Å². The van der Waals surface area contributed by atoms with Crippen LogP contribution in [0.15, 0.2) is 17.2 Å². The molecule has 0 atom stereocenters. The number of hydrogen-bond donors (Lipinski definition) is 2. The van der Waals surface area contributed by atoms with Crippen LogP contribution >= 0.6 is 0 Å². The predicted molar refractivity (Wildman–Crippen MR) is 53.1 cm³/mol. The van der Waals surface area contributed by atoms with Crippen LogP contribution in [-0.4, -0.2) is 23.4 Å². The molecule has 15 heavy (non-hydrogen) atoms. The first-order chi connectivity index (χ1) is 7.10. The molecule has 0 radical (unpaired) electrons. The van der Waals surface area contributed by atoms with Crippen molar-refractivity contribution in [2.24, 2.45) is 10.9 Å². The lowest BCUT2D eigenvalue weighted by Gasteiger charge is -2.05. The Balaban J connectivity index is 3.37. The quantitative estimate of drug-likeness (QED) is 0.329. The van der Waals surface area contributed by atoms with Gasteiger partial charge in [0.15, 0.2) is 11.5 Å². The molecule has 1 aromatic rings. The van der Waals surface area contributed by atoms with Gasteiger partial charge in [0.25, 0.3) is 5.69 Å². The predicted octanol–water partition coefficient (Wildman–Crippen LogP) is 0.602. The third-order valence-electron chi connectivity index (χ3n) is 1.73. The Bertz CT molecular complexity index is 417. The van der Waals surface area contributed by atoms with Gasteiger partial charge in [-0.1, -0.05) is 0 Å². The number of hydrazone groups is 1. The second kappa shape index (κ2) is 4.27. The summed E-state index contributed by atoms with van der Waals surface area (Å²) in [5.74, 6) is 4.66. The minimum absolute atomic E-state index is 0.000833. The molecule has 7 heteroatoms. The number of phenolic OH excluding ortho intramolecular Hbond substituents is 1. The van der Waals surface area contributed by atoms with Gasteiger partial charge in [0.2, 0.25) is 0 Å². The molecule has 0 saturated heterocycles. The van der Waals surface area contributed by atoms with Crippen LogP contribution in [0.5, 0.6) is 11.5 Å². The highest BCUT2D eigenvalue weighted by molar-refractivity contribution is 5.86. The van der Waals surface area contributed by atoms with Gasteiger partial charge in [0, 0.05) is 11.6 Å². The van der Waals surface area contributed by atoms with Gasteiger partial charge < -0.3 is 15.7 Å². The van der Waals surface area contributed by atoms with Crippen LogP contribution in [0.3, 0.4) is 0 Å². The van der Waals surface area contributed by atoms with Crippen molar-refractivity contribution in [3.05, 3.63) is 27.8 Å². The lowest BCUT2D eigenvalue weighted by molar-refractivity contribution is -0.385. The Hall–Kier alpha value is -2.31. The first kappa shape index (κ1) is 10.8.